The SMILES string of the molecule is CCCCCCN(C)c1ccc(-c2cc(O)c3c(c2O)C(=O)c2ccccc2C3=O)cc1. The first-order valence-corrected chi connectivity index (χ1v) is 11.0. The van der Waals surface area contributed by atoms with Crippen LogP contribution in [0, 0.1) is 0 Å². The molecule has 0 bridgehead atoms. The monoisotopic (exact) mass is 429 g/mol. The lowest BCUT2D eigenvalue weighted by Crippen LogP contribution is -2.21. The van der Waals surface area contributed by atoms with Gasteiger partial charge in [0.25, 0.3) is 0 Å². The highest BCUT2D eigenvalue weighted by atomic mass is 16.3. The van der Waals surface area contributed by atoms with E-state index in [1.54, 1.807) is 24.3 Å². The summed E-state index contributed by atoms with van der Waals surface area (Å²) in [5.74, 6) is -1.52. The Bertz CT molecular complexity index is 1180. The number of carbonyl (C=O) groups excluding carboxylic acids is 2. The summed E-state index contributed by atoms with van der Waals surface area (Å²) in [7, 11) is 2.05. The van der Waals surface area contributed by atoms with Crippen LogP contribution in [0.5, 0.6) is 11.5 Å². The van der Waals surface area contributed by atoms with Crippen molar-refractivity contribution >= 4 is 17.3 Å². The molecule has 0 spiro atoms. The van der Waals surface area contributed by atoms with Crippen LogP contribution in [0.15, 0.2) is 54.6 Å². The molecule has 0 saturated carbocycles. The topological polar surface area (TPSA) is 77.8 Å². The summed E-state index contributed by atoms with van der Waals surface area (Å²) in [5.41, 5.74) is 2.21. The molecule has 3 aromatic rings. The van der Waals surface area contributed by atoms with Gasteiger partial charge in [0, 0.05) is 36.0 Å². The fraction of sp³-hybridized carbons (Fsp3) is 0.259. The van der Waals surface area contributed by atoms with Crippen molar-refractivity contribution in [3.63, 3.8) is 0 Å². The molecule has 0 heterocycles. The van der Waals surface area contributed by atoms with Gasteiger partial charge in [-0.3, -0.25) is 9.59 Å². The molecule has 0 aliphatic heterocycles. The highest BCUT2D eigenvalue weighted by Crippen LogP contribution is 2.43. The van der Waals surface area contributed by atoms with Crippen LogP contribution in [0.25, 0.3) is 11.1 Å². The number of unbranched alkanes of at least 4 members (excludes halogenated alkanes) is 3. The molecule has 5 nitrogen and oxygen atoms in total. The number of benzene rings is 3. The molecule has 3 aromatic carbocycles. The number of ketones is 2. The number of anilines is 1. The van der Waals surface area contributed by atoms with E-state index in [9.17, 15) is 19.8 Å². The van der Waals surface area contributed by atoms with Crippen molar-refractivity contribution in [1.82, 2.24) is 0 Å². The average Bonchev–Trinajstić information content (AvgIpc) is 2.81. The molecule has 32 heavy (non-hydrogen) atoms. The maximum atomic E-state index is 13.1. The highest BCUT2D eigenvalue weighted by Gasteiger charge is 2.35. The first kappa shape index (κ1) is 21.6. The molecule has 0 unspecified atom stereocenters. The van der Waals surface area contributed by atoms with Crippen molar-refractivity contribution < 1.29 is 19.8 Å². The van der Waals surface area contributed by atoms with Gasteiger partial charge in [-0.2, -0.15) is 0 Å². The van der Waals surface area contributed by atoms with Gasteiger partial charge in [-0.05, 0) is 30.2 Å². The summed E-state index contributed by atoms with van der Waals surface area (Å²) < 4.78 is 0. The van der Waals surface area contributed by atoms with E-state index in [1.165, 1.54) is 25.3 Å². The van der Waals surface area contributed by atoms with Gasteiger partial charge >= 0.3 is 0 Å². The van der Waals surface area contributed by atoms with E-state index in [-0.39, 0.29) is 33.8 Å². The van der Waals surface area contributed by atoms with Gasteiger partial charge in [0.15, 0.2) is 11.6 Å². The fourth-order valence-corrected chi connectivity index (χ4v) is 4.28. The minimum atomic E-state index is -0.465. The minimum absolute atomic E-state index is 0.138. The van der Waals surface area contributed by atoms with Gasteiger partial charge in [0.05, 0.1) is 11.1 Å². The normalized spacial score (nSPS) is 12.4. The van der Waals surface area contributed by atoms with Crippen molar-refractivity contribution in [2.24, 2.45) is 0 Å². The molecule has 0 atom stereocenters. The number of rotatable bonds is 7. The summed E-state index contributed by atoms with van der Waals surface area (Å²) in [4.78, 5) is 28.1. The summed E-state index contributed by atoms with van der Waals surface area (Å²) in [6, 6.07) is 15.4. The molecule has 2 N–H and O–H groups in total. The fourth-order valence-electron chi connectivity index (χ4n) is 4.28. The predicted octanol–water partition coefficient (Wildman–Crippen LogP) is 5.56. The molecule has 164 valence electrons. The van der Waals surface area contributed by atoms with Crippen LogP contribution in [0.1, 0.15) is 64.4 Å². The van der Waals surface area contributed by atoms with Crippen molar-refractivity contribution in [2.45, 2.75) is 32.6 Å². The molecule has 0 amide bonds. The van der Waals surface area contributed by atoms with Gasteiger partial charge in [0.2, 0.25) is 0 Å². The van der Waals surface area contributed by atoms with Gasteiger partial charge in [0.1, 0.15) is 11.5 Å². The maximum absolute atomic E-state index is 13.1. The molecule has 0 aromatic heterocycles. The predicted molar refractivity (Wildman–Crippen MR) is 126 cm³/mol. The summed E-state index contributed by atoms with van der Waals surface area (Å²) >= 11 is 0. The van der Waals surface area contributed by atoms with E-state index in [0.29, 0.717) is 11.1 Å². The van der Waals surface area contributed by atoms with Crippen LogP contribution in [-0.4, -0.2) is 35.4 Å². The zero-order valence-corrected chi connectivity index (χ0v) is 18.4. The quantitative estimate of drug-likeness (QED) is 0.297. The first-order chi connectivity index (χ1) is 15.4. The molecule has 0 saturated heterocycles. The molecular weight excluding hydrogens is 402 g/mol. The van der Waals surface area contributed by atoms with E-state index in [2.05, 4.69) is 11.8 Å². The molecule has 1 aliphatic rings. The van der Waals surface area contributed by atoms with Crippen LogP contribution in [0.4, 0.5) is 5.69 Å². The number of fused-ring (bicyclic) bond motifs is 2. The van der Waals surface area contributed by atoms with Crippen molar-refractivity contribution in [2.75, 3.05) is 18.5 Å². The Kier molecular flexibility index (Phi) is 5.99. The summed E-state index contributed by atoms with van der Waals surface area (Å²) in [6.07, 6.45) is 4.77. The van der Waals surface area contributed by atoms with Gasteiger partial charge in [-0.1, -0.05) is 62.6 Å². The standard InChI is InChI=1S/C27H27NO4/c1-3-4-5-8-15-28(2)18-13-11-17(12-14-18)21-16-22(29)23-24(27(21)32)26(31)20-10-7-6-9-19(20)25(23)30/h6-7,9-14,16,29,32H,3-5,8,15H2,1-2H3. The number of nitrogens with zero attached hydrogens (tertiary/aromatic N) is 1. The Balaban J connectivity index is 1.67. The van der Waals surface area contributed by atoms with Crippen molar-refractivity contribution in [1.29, 1.82) is 0 Å². The Labute approximate surface area is 187 Å². The molecular formula is C27H27NO4. The average molecular weight is 430 g/mol. The largest absolute Gasteiger partial charge is 0.507 e. The molecule has 1 aliphatic carbocycles. The molecule has 5 heteroatoms. The number of hydrogen-bond donors (Lipinski definition) is 2. The molecule has 4 rings (SSSR count). The van der Waals surface area contributed by atoms with Gasteiger partial charge in [-0.15, -0.1) is 0 Å². The Hall–Kier alpha value is -3.60. The number of aromatic hydroxyl groups is 2. The number of phenolic OH excluding ortho intramolecular Hbond substituents is 2. The van der Waals surface area contributed by atoms with E-state index in [1.807, 2.05) is 31.3 Å². The number of hydrogen-bond acceptors (Lipinski definition) is 5. The first-order valence-electron chi connectivity index (χ1n) is 11.0. The van der Waals surface area contributed by atoms with Gasteiger partial charge in [-0.25, -0.2) is 0 Å². The second kappa shape index (κ2) is 8.87. The Morgan fingerprint density at radius 1 is 0.781 bits per heavy atom. The van der Waals surface area contributed by atoms with E-state index in [0.717, 1.165) is 18.7 Å². The maximum Gasteiger partial charge on any atom is 0.198 e. The lowest BCUT2D eigenvalue weighted by atomic mass is 9.81. The third-order valence-corrected chi connectivity index (χ3v) is 6.12. The van der Waals surface area contributed by atoms with E-state index in [4.69, 9.17) is 0 Å². The van der Waals surface area contributed by atoms with Crippen LogP contribution in [0.3, 0.4) is 0 Å². The van der Waals surface area contributed by atoms with Crippen LogP contribution in [0.2, 0.25) is 0 Å². The van der Waals surface area contributed by atoms with E-state index < -0.39 is 11.6 Å². The van der Waals surface area contributed by atoms with Crippen LogP contribution in [-0.2, 0) is 0 Å². The lowest BCUT2D eigenvalue weighted by Gasteiger charge is -2.22. The number of carbonyl (C=O) groups is 2. The smallest absolute Gasteiger partial charge is 0.198 e. The zero-order valence-electron chi connectivity index (χ0n) is 18.4. The van der Waals surface area contributed by atoms with E-state index >= 15 is 0 Å². The lowest BCUT2D eigenvalue weighted by molar-refractivity contribution is 0.0974. The van der Waals surface area contributed by atoms with Crippen LogP contribution >= 0.6 is 0 Å². The Morgan fingerprint density at radius 3 is 2.03 bits per heavy atom. The Morgan fingerprint density at radius 2 is 1.41 bits per heavy atom. The van der Waals surface area contributed by atoms with Crippen molar-refractivity contribution in [3.8, 4) is 22.6 Å². The third kappa shape index (κ3) is 3.75. The molecule has 0 fully saturated rings. The number of phenols is 2. The summed E-state index contributed by atoms with van der Waals surface area (Å²) in [6.45, 7) is 3.15. The second-order valence-corrected chi connectivity index (χ2v) is 8.27. The zero-order chi connectivity index (χ0) is 22.8. The van der Waals surface area contributed by atoms with Crippen molar-refractivity contribution in [3.05, 3.63) is 76.9 Å². The van der Waals surface area contributed by atoms with Gasteiger partial charge < -0.3 is 15.1 Å². The second-order valence-electron chi connectivity index (χ2n) is 8.27. The van der Waals surface area contributed by atoms with Crippen LogP contribution < -0.4 is 4.90 Å². The summed E-state index contributed by atoms with van der Waals surface area (Å²) in [5, 5.41) is 21.6. The highest BCUT2D eigenvalue weighted by molar-refractivity contribution is 6.30. The minimum Gasteiger partial charge on any atom is -0.507 e. The third-order valence-electron chi connectivity index (χ3n) is 6.12. The molecule has 0 radical (unpaired) electrons.